The van der Waals surface area contributed by atoms with Gasteiger partial charge in [-0.25, -0.2) is 4.79 Å². The maximum atomic E-state index is 12.2. The van der Waals surface area contributed by atoms with Crippen molar-refractivity contribution in [3.05, 3.63) is 35.4 Å². The number of esters is 1. The van der Waals surface area contributed by atoms with Gasteiger partial charge in [-0.2, -0.15) is 0 Å². The van der Waals surface area contributed by atoms with Crippen molar-refractivity contribution in [3.63, 3.8) is 0 Å². The van der Waals surface area contributed by atoms with E-state index in [0.29, 0.717) is 17.5 Å². The maximum Gasteiger partial charge on any atom is 0.329 e. The lowest BCUT2D eigenvalue weighted by Crippen LogP contribution is -2.45. The molecule has 1 heterocycles. The molecule has 1 aliphatic rings. The summed E-state index contributed by atoms with van der Waals surface area (Å²) in [7, 11) is 0. The number of amides is 2. The number of nitrogens with zero attached hydrogens (tertiary/aromatic N) is 1. The zero-order valence-electron chi connectivity index (χ0n) is 10.9. The molecule has 2 amide bonds. The molecule has 1 aliphatic heterocycles. The van der Waals surface area contributed by atoms with Gasteiger partial charge in [0.25, 0.3) is 11.8 Å². The number of imide groups is 1. The second-order valence-corrected chi connectivity index (χ2v) is 4.20. The maximum absolute atomic E-state index is 12.2. The standard InChI is InChI=1S/C14H15NO4/c1-3-11(14(18)19-4-2)15-12(16)9-7-5-6-8-10(9)13(15)17/h5-8,11H,3-4H2,1-2H3/t11-/m1/s1. The highest BCUT2D eigenvalue weighted by Crippen LogP contribution is 2.25. The minimum absolute atomic E-state index is 0.221. The number of benzene rings is 1. The van der Waals surface area contributed by atoms with Gasteiger partial charge in [0.05, 0.1) is 17.7 Å². The largest absolute Gasteiger partial charge is 0.464 e. The van der Waals surface area contributed by atoms with Crippen LogP contribution >= 0.6 is 0 Å². The first kappa shape index (κ1) is 13.3. The number of rotatable bonds is 4. The average Bonchev–Trinajstić information content (AvgIpc) is 2.66. The first-order chi connectivity index (χ1) is 9.11. The molecule has 0 spiro atoms. The number of ether oxygens (including phenoxy) is 1. The lowest BCUT2D eigenvalue weighted by molar-refractivity contribution is -0.147. The molecule has 2 rings (SSSR count). The van der Waals surface area contributed by atoms with Crippen molar-refractivity contribution in [2.45, 2.75) is 26.3 Å². The van der Waals surface area contributed by atoms with Gasteiger partial charge in [-0.1, -0.05) is 19.1 Å². The lowest BCUT2D eigenvalue weighted by atomic mass is 10.1. The van der Waals surface area contributed by atoms with Crippen LogP contribution in [0.15, 0.2) is 24.3 Å². The van der Waals surface area contributed by atoms with Crippen molar-refractivity contribution in [2.24, 2.45) is 0 Å². The fraction of sp³-hybridized carbons (Fsp3) is 0.357. The molecular formula is C14H15NO4. The third-order valence-corrected chi connectivity index (χ3v) is 3.08. The molecule has 0 bridgehead atoms. The van der Waals surface area contributed by atoms with E-state index in [-0.39, 0.29) is 6.61 Å². The summed E-state index contributed by atoms with van der Waals surface area (Å²) in [6, 6.07) is 5.71. The quantitative estimate of drug-likeness (QED) is 0.610. The van der Waals surface area contributed by atoms with E-state index >= 15 is 0 Å². The minimum Gasteiger partial charge on any atom is -0.464 e. The molecular weight excluding hydrogens is 246 g/mol. The third-order valence-electron chi connectivity index (χ3n) is 3.08. The van der Waals surface area contributed by atoms with Gasteiger partial charge in [0.1, 0.15) is 6.04 Å². The van der Waals surface area contributed by atoms with Crippen LogP contribution in [-0.2, 0) is 9.53 Å². The molecule has 0 saturated heterocycles. The summed E-state index contributed by atoms with van der Waals surface area (Å²) in [5, 5.41) is 0. The lowest BCUT2D eigenvalue weighted by Gasteiger charge is -2.22. The summed E-state index contributed by atoms with van der Waals surface area (Å²) in [6.07, 6.45) is 0.338. The molecule has 100 valence electrons. The SMILES string of the molecule is CCOC(=O)[C@@H](CC)N1C(=O)c2ccccc2C1=O. The van der Waals surface area contributed by atoms with E-state index < -0.39 is 23.8 Å². The minimum atomic E-state index is -0.854. The topological polar surface area (TPSA) is 63.7 Å². The molecule has 0 aliphatic carbocycles. The summed E-state index contributed by atoms with van der Waals surface area (Å²) >= 11 is 0. The van der Waals surface area contributed by atoms with Gasteiger partial charge >= 0.3 is 5.97 Å². The average molecular weight is 261 g/mol. The van der Waals surface area contributed by atoms with Crippen molar-refractivity contribution in [2.75, 3.05) is 6.61 Å². The summed E-state index contributed by atoms with van der Waals surface area (Å²) in [5.41, 5.74) is 0.686. The van der Waals surface area contributed by atoms with E-state index in [2.05, 4.69) is 0 Å². The van der Waals surface area contributed by atoms with Gasteiger partial charge in [-0.3, -0.25) is 14.5 Å². The summed E-state index contributed by atoms with van der Waals surface area (Å²) < 4.78 is 4.92. The van der Waals surface area contributed by atoms with Crippen LogP contribution in [0.5, 0.6) is 0 Å². The van der Waals surface area contributed by atoms with Crippen molar-refractivity contribution in [1.29, 1.82) is 0 Å². The normalized spacial score (nSPS) is 15.4. The van der Waals surface area contributed by atoms with Crippen LogP contribution in [0.2, 0.25) is 0 Å². The first-order valence-corrected chi connectivity index (χ1v) is 6.25. The zero-order valence-corrected chi connectivity index (χ0v) is 10.9. The number of fused-ring (bicyclic) bond motifs is 1. The Morgan fingerprint density at radius 1 is 1.16 bits per heavy atom. The predicted octanol–water partition coefficient (Wildman–Crippen LogP) is 1.62. The van der Waals surface area contributed by atoms with Crippen molar-refractivity contribution < 1.29 is 19.1 Å². The van der Waals surface area contributed by atoms with Gasteiger partial charge in [0.15, 0.2) is 0 Å². The highest BCUT2D eigenvalue weighted by molar-refractivity contribution is 6.22. The molecule has 1 aromatic carbocycles. The monoisotopic (exact) mass is 261 g/mol. The van der Waals surface area contributed by atoms with E-state index in [0.717, 1.165) is 4.90 Å². The molecule has 1 atom stereocenters. The van der Waals surface area contributed by atoms with Crippen LogP contribution in [0, 0.1) is 0 Å². The molecule has 0 unspecified atom stereocenters. The number of carbonyl (C=O) groups is 3. The molecule has 0 fully saturated rings. The second kappa shape index (κ2) is 5.22. The van der Waals surface area contributed by atoms with Gasteiger partial charge in [0.2, 0.25) is 0 Å². The van der Waals surface area contributed by atoms with Crippen LogP contribution in [0.3, 0.4) is 0 Å². The molecule has 1 aromatic rings. The van der Waals surface area contributed by atoms with E-state index in [1.807, 2.05) is 0 Å². The van der Waals surface area contributed by atoms with Crippen molar-refractivity contribution >= 4 is 17.8 Å². The fourth-order valence-corrected chi connectivity index (χ4v) is 2.18. The van der Waals surface area contributed by atoms with Crippen LogP contribution in [0.4, 0.5) is 0 Å². The van der Waals surface area contributed by atoms with Gasteiger partial charge in [-0.05, 0) is 25.5 Å². The Morgan fingerprint density at radius 2 is 1.68 bits per heavy atom. The Balaban J connectivity index is 2.35. The van der Waals surface area contributed by atoms with Crippen LogP contribution < -0.4 is 0 Å². The smallest absolute Gasteiger partial charge is 0.329 e. The highest BCUT2D eigenvalue weighted by Gasteiger charge is 2.42. The van der Waals surface area contributed by atoms with Crippen LogP contribution in [0.25, 0.3) is 0 Å². The fourth-order valence-electron chi connectivity index (χ4n) is 2.18. The predicted molar refractivity (Wildman–Crippen MR) is 67.7 cm³/mol. The Morgan fingerprint density at radius 3 is 2.11 bits per heavy atom. The van der Waals surface area contributed by atoms with Gasteiger partial charge < -0.3 is 4.74 Å². The summed E-state index contributed by atoms with van der Waals surface area (Å²) in [4.78, 5) is 37.3. The van der Waals surface area contributed by atoms with Crippen molar-refractivity contribution in [3.8, 4) is 0 Å². The summed E-state index contributed by atoms with van der Waals surface area (Å²) in [5.74, 6) is -1.40. The van der Waals surface area contributed by atoms with Gasteiger partial charge in [-0.15, -0.1) is 0 Å². The number of hydrogen-bond donors (Lipinski definition) is 0. The Labute approximate surface area is 111 Å². The molecule has 5 nitrogen and oxygen atoms in total. The molecule has 5 heteroatoms. The van der Waals surface area contributed by atoms with E-state index in [1.165, 1.54) is 0 Å². The third kappa shape index (κ3) is 2.12. The second-order valence-electron chi connectivity index (χ2n) is 4.20. The van der Waals surface area contributed by atoms with Crippen molar-refractivity contribution in [1.82, 2.24) is 4.90 Å². The molecule has 0 saturated carbocycles. The molecule has 0 N–H and O–H groups in total. The molecule has 0 aromatic heterocycles. The highest BCUT2D eigenvalue weighted by atomic mass is 16.5. The zero-order chi connectivity index (χ0) is 14.0. The van der Waals surface area contributed by atoms with Crippen LogP contribution in [0.1, 0.15) is 41.0 Å². The number of carbonyl (C=O) groups excluding carboxylic acids is 3. The number of hydrogen-bond acceptors (Lipinski definition) is 4. The van der Waals surface area contributed by atoms with Crippen LogP contribution in [-0.4, -0.2) is 35.3 Å². The van der Waals surface area contributed by atoms with E-state index in [1.54, 1.807) is 38.1 Å². The molecule has 19 heavy (non-hydrogen) atoms. The Bertz CT molecular complexity index is 503. The Kier molecular flexibility index (Phi) is 3.64. The van der Waals surface area contributed by atoms with E-state index in [4.69, 9.17) is 4.74 Å². The van der Waals surface area contributed by atoms with Gasteiger partial charge in [0, 0.05) is 0 Å². The first-order valence-electron chi connectivity index (χ1n) is 6.25. The van der Waals surface area contributed by atoms with E-state index in [9.17, 15) is 14.4 Å². The summed E-state index contributed by atoms with van der Waals surface area (Å²) in [6.45, 7) is 3.65. The molecule has 0 radical (unpaired) electrons. The Hall–Kier alpha value is -2.17.